The largest absolute Gasteiger partial charge is 0.379 e. The summed E-state index contributed by atoms with van der Waals surface area (Å²) in [5, 5.41) is 3.38. The van der Waals surface area contributed by atoms with Gasteiger partial charge in [-0.25, -0.2) is 0 Å². The van der Waals surface area contributed by atoms with Crippen molar-refractivity contribution in [2.45, 2.75) is 37.8 Å². The van der Waals surface area contributed by atoms with E-state index in [2.05, 4.69) is 17.3 Å². The third-order valence-corrected chi connectivity index (χ3v) is 3.67. The van der Waals surface area contributed by atoms with Crippen LogP contribution in [-0.4, -0.2) is 50.3 Å². The molecule has 0 amide bonds. The summed E-state index contributed by atoms with van der Waals surface area (Å²) in [6, 6.07) is 1.61. The van der Waals surface area contributed by atoms with Gasteiger partial charge in [-0.15, -0.1) is 0 Å². The number of nitrogens with one attached hydrogen (secondary N) is 1. The second-order valence-electron chi connectivity index (χ2n) is 4.44. The Morgan fingerprint density at radius 1 is 1.07 bits per heavy atom. The Balaban J connectivity index is 1.76. The molecule has 1 N–H and O–H groups in total. The van der Waals surface area contributed by atoms with Gasteiger partial charge in [0.05, 0.1) is 13.2 Å². The second kappa shape index (κ2) is 5.10. The fraction of sp³-hybridized carbons (Fsp3) is 1.00. The van der Waals surface area contributed by atoms with Crippen LogP contribution >= 0.6 is 0 Å². The molecule has 0 radical (unpaired) electrons. The number of ether oxygens (including phenoxy) is 1. The number of hydrogen-bond acceptors (Lipinski definition) is 3. The van der Waals surface area contributed by atoms with Crippen LogP contribution in [0.2, 0.25) is 0 Å². The zero-order chi connectivity index (χ0) is 9.80. The lowest BCUT2D eigenvalue weighted by molar-refractivity contribution is 0.00676. The molecule has 82 valence electrons. The molecule has 1 saturated carbocycles. The summed E-state index contributed by atoms with van der Waals surface area (Å²) < 4.78 is 5.38. The van der Waals surface area contributed by atoms with Crippen molar-refractivity contribution in [2.75, 3.05) is 33.4 Å². The van der Waals surface area contributed by atoms with Gasteiger partial charge in [0.1, 0.15) is 0 Å². The summed E-state index contributed by atoms with van der Waals surface area (Å²) in [7, 11) is 2.08. The molecule has 2 aliphatic rings. The Kier molecular flexibility index (Phi) is 3.79. The van der Waals surface area contributed by atoms with Crippen molar-refractivity contribution >= 4 is 0 Å². The SMILES string of the molecule is CN[C@H]1CC[C@@H](N2CCOCC2)CC1. The molecule has 2 fully saturated rings. The van der Waals surface area contributed by atoms with Crippen LogP contribution in [-0.2, 0) is 4.74 Å². The van der Waals surface area contributed by atoms with Crippen LogP contribution in [0, 0.1) is 0 Å². The quantitative estimate of drug-likeness (QED) is 0.712. The highest BCUT2D eigenvalue weighted by Gasteiger charge is 2.25. The van der Waals surface area contributed by atoms with E-state index in [0.717, 1.165) is 38.4 Å². The molecule has 0 bridgehead atoms. The molecule has 1 aliphatic heterocycles. The van der Waals surface area contributed by atoms with Crippen LogP contribution in [0.1, 0.15) is 25.7 Å². The minimum Gasteiger partial charge on any atom is -0.379 e. The van der Waals surface area contributed by atoms with Crippen LogP contribution in [0.5, 0.6) is 0 Å². The van der Waals surface area contributed by atoms with Gasteiger partial charge in [0.2, 0.25) is 0 Å². The van der Waals surface area contributed by atoms with Crippen LogP contribution in [0.15, 0.2) is 0 Å². The zero-order valence-corrected chi connectivity index (χ0v) is 9.17. The van der Waals surface area contributed by atoms with E-state index in [4.69, 9.17) is 4.74 Å². The van der Waals surface area contributed by atoms with Gasteiger partial charge in [-0.3, -0.25) is 4.90 Å². The van der Waals surface area contributed by atoms with Gasteiger partial charge in [-0.2, -0.15) is 0 Å². The van der Waals surface area contributed by atoms with E-state index in [1.807, 2.05) is 0 Å². The Labute approximate surface area is 86.8 Å². The average Bonchev–Trinajstić information content (AvgIpc) is 2.30. The number of hydrogen-bond donors (Lipinski definition) is 1. The highest BCUT2D eigenvalue weighted by molar-refractivity contribution is 4.82. The first-order chi connectivity index (χ1) is 6.90. The van der Waals surface area contributed by atoms with Gasteiger partial charge in [0.15, 0.2) is 0 Å². The number of nitrogens with zero attached hydrogens (tertiary/aromatic N) is 1. The smallest absolute Gasteiger partial charge is 0.0594 e. The summed E-state index contributed by atoms with van der Waals surface area (Å²) in [5.74, 6) is 0. The maximum atomic E-state index is 5.38. The molecule has 1 heterocycles. The van der Waals surface area contributed by atoms with Gasteiger partial charge >= 0.3 is 0 Å². The van der Waals surface area contributed by atoms with Crippen LogP contribution in [0.25, 0.3) is 0 Å². The van der Waals surface area contributed by atoms with Crippen molar-refractivity contribution < 1.29 is 4.74 Å². The maximum Gasteiger partial charge on any atom is 0.0594 e. The van der Waals surface area contributed by atoms with E-state index in [-0.39, 0.29) is 0 Å². The molecule has 0 spiro atoms. The molecule has 1 saturated heterocycles. The van der Waals surface area contributed by atoms with Crippen molar-refractivity contribution in [3.63, 3.8) is 0 Å². The van der Waals surface area contributed by atoms with Crippen molar-refractivity contribution in [1.29, 1.82) is 0 Å². The number of rotatable bonds is 2. The van der Waals surface area contributed by atoms with E-state index in [1.54, 1.807) is 0 Å². The van der Waals surface area contributed by atoms with Gasteiger partial charge in [0, 0.05) is 25.2 Å². The minimum absolute atomic E-state index is 0.771. The summed E-state index contributed by atoms with van der Waals surface area (Å²) in [5.41, 5.74) is 0. The fourth-order valence-electron chi connectivity index (χ4n) is 2.67. The standard InChI is InChI=1S/C11H22N2O/c1-12-10-2-4-11(5-3-10)13-6-8-14-9-7-13/h10-12H,2-9H2,1H3/t10-,11+. The highest BCUT2D eigenvalue weighted by Crippen LogP contribution is 2.23. The Morgan fingerprint density at radius 3 is 2.29 bits per heavy atom. The van der Waals surface area contributed by atoms with E-state index in [9.17, 15) is 0 Å². The Bertz CT molecular complexity index is 161. The van der Waals surface area contributed by atoms with Gasteiger partial charge in [0.25, 0.3) is 0 Å². The second-order valence-corrected chi connectivity index (χ2v) is 4.44. The lowest BCUT2D eigenvalue weighted by Crippen LogP contribution is -2.46. The third kappa shape index (κ3) is 2.47. The maximum absolute atomic E-state index is 5.38. The van der Waals surface area contributed by atoms with E-state index in [0.29, 0.717) is 0 Å². The van der Waals surface area contributed by atoms with Gasteiger partial charge < -0.3 is 10.1 Å². The lowest BCUT2D eigenvalue weighted by Gasteiger charge is -2.38. The molecule has 0 aromatic rings. The Morgan fingerprint density at radius 2 is 1.71 bits per heavy atom. The summed E-state index contributed by atoms with van der Waals surface area (Å²) in [4.78, 5) is 2.62. The van der Waals surface area contributed by atoms with Crippen molar-refractivity contribution in [1.82, 2.24) is 10.2 Å². The first-order valence-electron chi connectivity index (χ1n) is 5.89. The first kappa shape index (κ1) is 10.4. The van der Waals surface area contributed by atoms with E-state index in [1.165, 1.54) is 25.7 Å². The van der Waals surface area contributed by atoms with E-state index >= 15 is 0 Å². The van der Waals surface area contributed by atoms with Crippen molar-refractivity contribution in [3.8, 4) is 0 Å². The topological polar surface area (TPSA) is 24.5 Å². The van der Waals surface area contributed by atoms with Crippen LogP contribution in [0.4, 0.5) is 0 Å². The molecule has 0 aromatic heterocycles. The minimum atomic E-state index is 0.771. The molecule has 1 aliphatic carbocycles. The average molecular weight is 198 g/mol. The Hall–Kier alpha value is -0.120. The van der Waals surface area contributed by atoms with Crippen LogP contribution in [0.3, 0.4) is 0 Å². The van der Waals surface area contributed by atoms with Crippen molar-refractivity contribution in [2.24, 2.45) is 0 Å². The fourth-order valence-corrected chi connectivity index (χ4v) is 2.67. The number of morpholine rings is 1. The molecule has 3 heteroatoms. The molecular formula is C11H22N2O. The third-order valence-electron chi connectivity index (χ3n) is 3.67. The monoisotopic (exact) mass is 198 g/mol. The van der Waals surface area contributed by atoms with Gasteiger partial charge in [-0.05, 0) is 32.7 Å². The van der Waals surface area contributed by atoms with E-state index < -0.39 is 0 Å². The molecule has 0 unspecified atom stereocenters. The van der Waals surface area contributed by atoms with Gasteiger partial charge in [-0.1, -0.05) is 0 Å². The summed E-state index contributed by atoms with van der Waals surface area (Å²) in [6.07, 6.45) is 5.42. The zero-order valence-electron chi connectivity index (χ0n) is 9.17. The highest BCUT2D eigenvalue weighted by atomic mass is 16.5. The van der Waals surface area contributed by atoms with Crippen molar-refractivity contribution in [3.05, 3.63) is 0 Å². The predicted octanol–water partition coefficient (Wildman–Crippen LogP) is 0.849. The van der Waals surface area contributed by atoms with Crippen LogP contribution < -0.4 is 5.32 Å². The molecule has 2 rings (SSSR count). The molecular weight excluding hydrogens is 176 g/mol. The first-order valence-corrected chi connectivity index (χ1v) is 5.89. The molecule has 0 atom stereocenters. The molecule has 14 heavy (non-hydrogen) atoms. The molecule has 3 nitrogen and oxygen atoms in total. The summed E-state index contributed by atoms with van der Waals surface area (Å²) in [6.45, 7) is 4.17. The lowest BCUT2D eigenvalue weighted by atomic mass is 9.90. The normalized spacial score (nSPS) is 35.8. The molecule has 0 aromatic carbocycles. The predicted molar refractivity (Wildman–Crippen MR) is 57.5 cm³/mol. The summed E-state index contributed by atoms with van der Waals surface area (Å²) >= 11 is 0.